The van der Waals surface area contributed by atoms with E-state index in [0.29, 0.717) is 0 Å². The van der Waals surface area contributed by atoms with E-state index >= 15 is 0 Å². The Labute approximate surface area is 133 Å². The highest BCUT2D eigenvalue weighted by Crippen LogP contribution is 2.54. The molecule has 0 bridgehead atoms. The van der Waals surface area contributed by atoms with E-state index < -0.39 is 21.0 Å². The van der Waals surface area contributed by atoms with Gasteiger partial charge in [-0.2, -0.15) is 0 Å². The lowest BCUT2D eigenvalue weighted by Gasteiger charge is -2.04. The summed E-state index contributed by atoms with van der Waals surface area (Å²) in [7, 11) is -3.53. The summed E-state index contributed by atoms with van der Waals surface area (Å²) in [6.07, 6.45) is 0. The van der Waals surface area contributed by atoms with Crippen LogP contribution in [0.15, 0.2) is 59.5 Å². The highest BCUT2D eigenvalue weighted by atomic mass is 32.2. The number of rotatable bonds is 4. The highest BCUT2D eigenvalue weighted by molar-refractivity contribution is 7.92. The van der Waals surface area contributed by atoms with Crippen LogP contribution in [0.3, 0.4) is 0 Å². The monoisotopic (exact) mass is 335 g/mol. The topological polar surface area (TPSA) is 60.2 Å². The maximum absolute atomic E-state index is 13.1. The van der Waals surface area contributed by atoms with Gasteiger partial charge in [0.2, 0.25) is 0 Å². The molecule has 0 amide bonds. The highest BCUT2D eigenvalue weighted by Gasteiger charge is 2.60. The summed E-state index contributed by atoms with van der Waals surface area (Å²) in [5.41, 5.74) is 6.45. The second-order valence-electron chi connectivity index (χ2n) is 5.33. The van der Waals surface area contributed by atoms with Gasteiger partial charge in [0, 0.05) is 11.8 Å². The van der Waals surface area contributed by atoms with Crippen LogP contribution in [0.2, 0.25) is 0 Å². The Morgan fingerprint density at radius 3 is 2.18 bits per heavy atom. The molecule has 3 nitrogen and oxygen atoms in total. The zero-order valence-corrected chi connectivity index (χ0v) is 13.1. The molecule has 0 saturated heterocycles. The van der Waals surface area contributed by atoms with Crippen molar-refractivity contribution in [1.29, 1.82) is 0 Å². The second kappa shape index (κ2) is 5.44. The molecule has 0 aromatic heterocycles. The van der Waals surface area contributed by atoms with Gasteiger partial charge in [-0.1, -0.05) is 42.5 Å². The molecule has 2 aromatic rings. The first-order chi connectivity index (χ1) is 10.4. The molecule has 22 heavy (non-hydrogen) atoms. The smallest absolute Gasteiger partial charge is 0.182 e. The van der Waals surface area contributed by atoms with Crippen molar-refractivity contribution in [3.63, 3.8) is 0 Å². The minimum absolute atomic E-state index is 0.179. The predicted molar refractivity (Wildman–Crippen MR) is 86.8 cm³/mol. The summed E-state index contributed by atoms with van der Waals surface area (Å²) < 4.78 is 38.6. The van der Waals surface area contributed by atoms with Gasteiger partial charge in [-0.15, -0.1) is 0 Å². The number of benzene rings is 2. The lowest BCUT2D eigenvalue weighted by Crippen LogP contribution is -2.17. The SMILES string of the molecule is NC(=S)[C@H]1[C@H](c2ccc(F)cc2)[C@@H]1S(=O)(=O)c1ccccc1. The Morgan fingerprint density at radius 1 is 1.05 bits per heavy atom. The second-order valence-corrected chi connectivity index (χ2v) is 7.91. The summed E-state index contributed by atoms with van der Waals surface area (Å²) in [4.78, 5) is 0.435. The number of thiocarbonyl (C=S) groups is 1. The molecular weight excluding hydrogens is 321 g/mol. The first kappa shape index (κ1) is 15.1. The van der Waals surface area contributed by atoms with Gasteiger partial charge in [-0.05, 0) is 29.8 Å². The van der Waals surface area contributed by atoms with E-state index in [-0.39, 0.29) is 21.6 Å². The minimum atomic E-state index is -3.53. The largest absolute Gasteiger partial charge is 0.393 e. The van der Waals surface area contributed by atoms with E-state index in [0.717, 1.165) is 5.56 Å². The third kappa shape index (κ3) is 2.53. The fourth-order valence-electron chi connectivity index (χ4n) is 2.86. The molecule has 0 unspecified atom stereocenters. The van der Waals surface area contributed by atoms with E-state index in [1.54, 1.807) is 42.5 Å². The molecule has 114 valence electrons. The zero-order chi connectivity index (χ0) is 15.9. The van der Waals surface area contributed by atoms with Crippen molar-refractivity contribution in [2.75, 3.05) is 0 Å². The fraction of sp³-hybridized carbons (Fsp3) is 0.188. The third-order valence-electron chi connectivity index (χ3n) is 3.97. The molecule has 1 saturated carbocycles. The molecule has 2 N–H and O–H groups in total. The molecule has 3 rings (SSSR count). The molecule has 1 aliphatic rings. The summed E-state index contributed by atoms with van der Waals surface area (Å²) >= 11 is 5.02. The van der Waals surface area contributed by atoms with Gasteiger partial charge in [0.15, 0.2) is 9.84 Å². The van der Waals surface area contributed by atoms with Crippen LogP contribution in [-0.2, 0) is 9.84 Å². The molecular formula is C16H14FNO2S2. The van der Waals surface area contributed by atoms with E-state index in [9.17, 15) is 12.8 Å². The Hall–Kier alpha value is -1.79. The Morgan fingerprint density at radius 2 is 1.64 bits per heavy atom. The van der Waals surface area contributed by atoms with E-state index in [1.165, 1.54) is 12.1 Å². The maximum Gasteiger partial charge on any atom is 0.182 e. The van der Waals surface area contributed by atoms with Crippen molar-refractivity contribution >= 4 is 27.0 Å². The van der Waals surface area contributed by atoms with Crippen LogP contribution in [0.4, 0.5) is 4.39 Å². The van der Waals surface area contributed by atoms with Crippen molar-refractivity contribution in [3.8, 4) is 0 Å². The van der Waals surface area contributed by atoms with E-state index in [2.05, 4.69) is 0 Å². The molecule has 0 aliphatic heterocycles. The van der Waals surface area contributed by atoms with Crippen LogP contribution in [0.1, 0.15) is 11.5 Å². The summed E-state index contributed by atoms with van der Waals surface area (Å²) in [5.74, 6) is -1.09. The molecule has 1 aliphatic carbocycles. The van der Waals surface area contributed by atoms with Gasteiger partial charge >= 0.3 is 0 Å². The van der Waals surface area contributed by atoms with Crippen molar-refractivity contribution in [1.82, 2.24) is 0 Å². The zero-order valence-electron chi connectivity index (χ0n) is 11.5. The van der Waals surface area contributed by atoms with Crippen molar-refractivity contribution in [2.45, 2.75) is 16.1 Å². The molecule has 3 atom stereocenters. The summed E-state index contributed by atoms with van der Waals surface area (Å²) in [5, 5.41) is -0.683. The van der Waals surface area contributed by atoms with Gasteiger partial charge in [-0.25, -0.2) is 12.8 Å². The lowest BCUT2D eigenvalue weighted by molar-refractivity contribution is 0.593. The third-order valence-corrected chi connectivity index (χ3v) is 6.47. The number of hydrogen-bond donors (Lipinski definition) is 1. The maximum atomic E-state index is 13.1. The van der Waals surface area contributed by atoms with Crippen LogP contribution in [0, 0.1) is 11.7 Å². The Kier molecular flexibility index (Phi) is 3.74. The number of hydrogen-bond acceptors (Lipinski definition) is 3. The standard InChI is InChI=1S/C16H14FNO2S2/c17-11-8-6-10(7-9-11)13-14(16(18)21)15(13)22(19,20)12-4-2-1-3-5-12/h1-9,13-15H,(H2,18,21)/t13-,14-,15-/m0/s1. The van der Waals surface area contributed by atoms with Crippen LogP contribution in [0.5, 0.6) is 0 Å². The normalized spacial score (nSPS) is 24.0. The molecule has 0 radical (unpaired) electrons. The molecule has 1 fully saturated rings. The van der Waals surface area contributed by atoms with Gasteiger partial charge in [0.1, 0.15) is 5.82 Å². The fourth-order valence-corrected chi connectivity index (χ4v) is 5.41. The molecule has 6 heteroatoms. The van der Waals surface area contributed by atoms with Crippen LogP contribution < -0.4 is 5.73 Å². The average Bonchev–Trinajstić information content (AvgIpc) is 3.25. The first-order valence-corrected chi connectivity index (χ1v) is 8.72. The molecule has 2 aromatic carbocycles. The number of nitrogens with two attached hydrogens (primary N) is 1. The minimum Gasteiger partial charge on any atom is -0.393 e. The Bertz CT molecular complexity index is 804. The van der Waals surface area contributed by atoms with E-state index in [4.69, 9.17) is 18.0 Å². The quantitative estimate of drug-likeness (QED) is 0.873. The first-order valence-electron chi connectivity index (χ1n) is 6.76. The van der Waals surface area contributed by atoms with E-state index in [1.807, 2.05) is 0 Å². The molecule has 0 spiro atoms. The van der Waals surface area contributed by atoms with Crippen molar-refractivity contribution in [2.24, 2.45) is 11.7 Å². The van der Waals surface area contributed by atoms with Crippen LogP contribution in [-0.4, -0.2) is 18.7 Å². The predicted octanol–water partition coefficient (Wildman–Crippen LogP) is 2.67. The van der Waals surface area contributed by atoms with Crippen molar-refractivity contribution < 1.29 is 12.8 Å². The Balaban J connectivity index is 1.99. The van der Waals surface area contributed by atoms with Gasteiger partial charge in [0.05, 0.1) is 15.1 Å². The summed E-state index contributed by atoms with van der Waals surface area (Å²) in [6.45, 7) is 0. The van der Waals surface area contributed by atoms with Crippen molar-refractivity contribution in [3.05, 3.63) is 66.0 Å². The summed E-state index contributed by atoms with van der Waals surface area (Å²) in [6, 6.07) is 14.0. The average molecular weight is 335 g/mol. The van der Waals surface area contributed by atoms with Crippen LogP contribution >= 0.6 is 12.2 Å². The lowest BCUT2D eigenvalue weighted by atomic mass is 10.1. The number of halogens is 1. The van der Waals surface area contributed by atoms with Crippen LogP contribution in [0.25, 0.3) is 0 Å². The van der Waals surface area contributed by atoms with Gasteiger partial charge in [0.25, 0.3) is 0 Å². The number of sulfone groups is 1. The molecule has 0 heterocycles. The van der Waals surface area contributed by atoms with Gasteiger partial charge in [-0.3, -0.25) is 0 Å². The van der Waals surface area contributed by atoms with Gasteiger partial charge < -0.3 is 5.73 Å².